The maximum Gasteiger partial charge on any atom is 0.226 e. The first-order valence-electron chi connectivity index (χ1n) is 3.74. The van der Waals surface area contributed by atoms with Crippen LogP contribution >= 0.6 is 19.0 Å². The monoisotopic (exact) mass is 233 g/mol. The zero-order valence-electron chi connectivity index (χ0n) is 7.38. The Balaban J connectivity index is 3.07. The molecule has 1 aromatic rings. The van der Waals surface area contributed by atoms with Crippen molar-refractivity contribution in [2.24, 2.45) is 5.16 Å². The van der Waals surface area contributed by atoms with Gasteiger partial charge in [-0.25, -0.2) is 0 Å². The standard InChI is InChI=1S/C8H9ClNO3P/c1-14(12,13)7-4-2-6(3-5-7)8(9)10-11/h2-5,11H,1H3,(H,12,13). The number of hydrogen-bond acceptors (Lipinski definition) is 3. The maximum absolute atomic E-state index is 11.2. The van der Waals surface area contributed by atoms with Gasteiger partial charge >= 0.3 is 0 Å². The van der Waals surface area contributed by atoms with Gasteiger partial charge in [0.1, 0.15) is 0 Å². The van der Waals surface area contributed by atoms with Crippen molar-refractivity contribution < 1.29 is 14.7 Å². The van der Waals surface area contributed by atoms with E-state index in [1.807, 2.05) is 0 Å². The van der Waals surface area contributed by atoms with E-state index < -0.39 is 7.37 Å². The van der Waals surface area contributed by atoms with Crippen molar-refractivity contribution in [1.29, 1.82) is 0 Å². The van der Waals surface area contributed by atoms with E-state index in [4.69, 9.17) is 16.8 Å². The number of oxime groups is 1. The van der Waals surface area contributed by atoms with Gasteiger partial charge in [0.2, 0.25) is 7.37 Å². The van der Waals surface area contributed by atoms with Crippen LogP contribution in [0.25, 0.3) is 0 Å². The fourth-order valence-electron chi connectivity index (χ4n) is 0.933. The van der Waals surface area contributed by atoms with Gasteiger partial charge < -0.3 is 10.1 Å². The fourth-order valence-corrected chi connectivity index (χ4v) is 1.76. The average Bonchev–Trinajstić information content (AvgIpc) is 2.15. The number of hydrogen-bond donors (Lipinski definition) is 2. The zero-order chi connectivity index (χ0) is 10.8. The van der Waals surface area contributed by atoms with Gasteiger partial charge in [0.25, 0.3) is 0 Å². The molecule has 0 aliphatic heterocycles. The van der Waals surface area contributed by atoms with Crippen molar-refractivity contribution in [3.63, 3.8) is 0 Å². The molecule has 76 valence electrons. The third-order valence-corrected chi connectivity index (χ3v) is 3.22. The SMILES string of the molecule is CP(=O)(O)c1ccc(C(Cl)=NO)cc1. The first-order valence-corrected chi connectivity index (χ1v) is 6.22. The largest absolute Gasteiger partial charge is 0.410 e. The molecular weight excluding hydrogens is 225 g/mol. The number of rotatable bonds is 2. The summed E-state index contributed by atoms with van der Waals surface area (Å²) in [6.07, 6.45) is 0. The van der Waals surface area contributed by atoms with E-state index in [-0.39, 0.29) is 5.17 Å². The lowest BCUT2D eigenvalue weighted by Gasteiger charge is -2.05. The Morgan fingerprint density at radius 2 is 1.93 bits per heavy atom. The van der Waals surface area contributed by atoms with Gasteiger partial charge in [0.15, 0.2) is 5.17 Å². The van der Waals surface area contributed by atoms with Crippen molar-refractivity contribution >= 4 is 29.4 Å². The summed E-state index contributed by atoms with van der Waals surface area (Å²) in [6, 6.07) is 5.99. The lowest BCUT2D eigenvalue weighted by molar-refractivity contribution is 0.321. The van der Waals surface area contributed by atoms with E-state index in [1.54, 1.807) is 0 Å². The van der Waals surface area contributed by atoms with Crippen LogP contribution in [0.5, 0.6) is 0 Å². The van der Waals surface area contributed by atoms with Gasteiger partial charge in [-0.2, -0.15) is 0 Å². The van der Waals surface area contributed by atoms with Crippen molar-refractivity contribution in [2.45, 2.75) is 0 Å². The van der Waals surface area contributed by atoms with Crippen LogP contribution in [0.15, 0.2) is 29.4 Å². The Hall–Kier alpha value is -0.830. The van der Waals surface area contributed by atoms with Gasteiger partial charge in [-0.1, -0.05) is 28.9 Å². The summed E-state index contributed by atoms with van der Waals surface area (Å²) >= 11 is 5.53. The van der Waals surface area contributed by atoms with Crippen LogP contribution in [0.2, 0.25) is 0 Å². The van der Waals surface area contributed by atoms with Crippen molar-refractivity contribution in [3.05, 3.63) is 29.8 Å². The predicted molar refractivity (Wildman–Crippen MR) is 56.0 cm³/mol. The smallest absolute Gasteiger partial charge is 0.226 e. The highest BCUT2D eigenvalue weighted by Gasteiger charge is 2.13. The van der Waals surface area contributed by atoms with Crippen molar-refractivity contribution in [1.82, 2.24) is 0 Å². The van der Waals surface area contributed by atoms with Crippen LogP contribution in [0.3, 0.4) is 0 Å². The van der Waals surface area contributed by atoms with Gasteiger partial charge in [0, 0.05) is 17.5 Å². The molecule has 1 aromatic carbocycles. The molecule has 2 N–H and O–H groups in total. The second-order valence-corrected chi connectivity index (χ2v) is 5.45. The minimum atomic E-state index is -3.22. The molecule has 0 aliphatic rings. The number of halogens is 1. The van der Waals surface area contributed by atoms with Crippen LogP contribution in [-0.4, -0.2) is 21.9 Å². The molecule has 1 rings (SSSR count). The molecule has 0 aliphatic carbocycles. The zero-order valence-corrected chi connectivity index (χ0v) is 9.03. The molecule has 1 unspecified atom stereocenters. The topological polar surface area (TPSA) is 69.9 Å². The lowest BCUT2D eigenvalue weighted by Crippen LogP contribution is -2.03. The first-order chi connectivity index (χ1) is 6.45. The average molecular weight is 234 g/mol. The Bertz CT molecular complexity index is 396. The summed E-state index contributed by atoms with van der Waals surface area (Å²) in [5, 5.41) is 11.5. The Morgan fingerprint density at radius 3 is 2.29 bits per heavy atom. The summed E-state index contributed by atoms with van der Waals surface area (Å²) in [4.78, 5) is 9.22. The normalized spacial score (nSPS) is 16.4. The molecule has 0 bridgehead atoms. The molecule has 14 heavy (non-hydrogen) atoms. The third-order valence-electron chi connectivity index (χ3n) is 1.67. The minimum Gasteiger partial charge on any atom is -0.410 e. The summed E-state index contributed by atoms with van der Waals surface area (Å²) < 4.78 is 11.2. The molecule has 0 amide bonds. The molecule has 0 aromatic heterocycles. The van der Waals surface area contributed by atoms with Gasteiger partial charge in [-0.3, -0.25) is 4.57 Å². The van der Waals surface area contributed by atoms with Crippen LogP contribution in [-0.2, 0) is 4.57 Å². The molecule has 0 saturated carbocycles. The van der Waals surface area contributed by atoms with E-state index >= 15 is 0 Å². The van der Waals surface area contributed by atoms with E-state index in [0.29, 0.717) is 10.9 Å². The molecule has 0 fully saturated rings. The van der Waals surface area contributed by atoms with Crippen LogP contribution < -0.4 is 5.30 Å². The summed E-state index contributed by atoms with van der Waals surface area (Å²) in [5.41, 5.74) is 0.492. The molecular formula is C8H9ClNO3P. The molecule has 0 spiro atoms. The first kappa shape index (κ1) is 11.2. The van der Waals surface area contributed by atoms with Gasteiger partial charge in [-0.05, 0) is 12.1 Å². The van der Waals surface area contributed by atoms with E-state index in [2.05, 4.69) is 5.16 Å². The quantitative estimate of drug-likeness (QED) is 0.353. The number of nitrogens with zero attached hydrogens (tertiary/aromatic N) is 1. The second-order valence-electron chi connectivity index (χ2n) is 2.82. The summed E-state index contributed by atoms with van der Waals surface area (Å²) in [6.45, 7) is 1.25. The van der Waals surface area contributed by atoms with Crippen LogP contribution in [0.4, 0.5) is 0 Å². The minimum absolute atomic E-state index is 0.0552. The van der Waals surface area contributed by atoms with E-state index in [9.17, 15) is 9.46 Å². The highest BCUT2D eigenvalue weighted by molar-refractivity contribution is 7.65. The molecule has 1 atom stereocenters. The number of benzene rings is 1. The van der Waals surface area contributed by atoms with Crippen molar-refractivity contribution in [3.8, 4) is 0 Å². The van der Waals surface area contributed by atoms with Crippen molar-refractivity contribution in [2.75, 3.05) is 6.66 Å². The predicted octanol–water partition coefficient (Wildman–Crippen LogP) is 1.59. The molecule has 0 saturated heterocycles. The molecule has 4 nitrogen and oxygen atoms in total. The Labute approximate surface area is 86.3 Å². The van der Waals surface area contributed by atoms with Crippen LogP contribution in [0.1, 0.15) is 5.56 Å². The Kier molecular flexibility index (Phi) is 3.32. The molecule has 6 heteroatoms. The van der Waals surface area contributed by atoms with Gasteiger partial charge in [-0.15, -0.1) is 0 Å². The summed E-state index contributed by atoms with van der Waals surface area (Å²) in [5.74, 6) is 0. The molecule has 0 heterocycles. The summed E-state index contributed by atoms with van der Waals surface area (Å²) in [7, 11) is -3.22. The third kappa shape index (κ3) is 2.58. The fraction of sp³-hybridized carbons (Fsp3) is 0.125. The highest BCUT2D eigenvalue weighted by Crippen LogP contribution is 2.33. The lowest BCUT2D eigenvalue weighted by atomic mass is 10.2. The van der Waals surface area contributed by atoms with Gasteiger partial charge in [0.05, 0.1) is 0 Å². The molecule has 0 radical (unpaired) electrons. The highest BCUT2D eigenvalue weighted by atomic mass is 35.5. The Morgan fingerprint density at radius 1 is 1.43 bits per heavy atom. The second kappa shape index (κ2) is 4.13. The van der Waals surface area contributed by atoms with E-state index in [0.717, 1.165) is 0 Å². The maximum atomic E-state index is 11.2. The van der Waals surface area contributed by atoms with E-state index in [1.165, 1.54) is 30.9 Å². The van der Waals surface area contributed by atoms with Crippen LogP contribution in [0, 0.1) is 0 Å².